The van der Waals surface area contributed by atoms with E-state index in [1.807, 2.05) is 0 Å². The van der Waals surface area contributed by atoms with Crippen molar-refractivity contribution in [2.45, 2.75) is 37.6 Å². The van der Waals surface area contributed by atoms with Crippen molar-refractivity contribution in [1.82, 2.24) is 0 Å². The predicted molar refractivity (Wildman–Crippen MR) is 88.3 cm³/mol. The van der Waals surface area contributed by atoms with Crippen LogP contribution in [-0.2, 0) is 4.74 Å². The molecule has 8 heteroatoms. The van der Waals surface area contributed by atoms with Crippen LogP contribution in [0, 0.1) is 6.92 Å². The Morgan fingerprint density at radius 1 is 1.17 bits per heavy atom. The van der Waals surface area contributed by atoms with Crippen molar-refractivity contribution in [3.05, 3.63) is 40.2 Å². The highest BCUT2D eigenvalue weighted by Crippen LogP contribution is 2.27. The van der Waals surface area contributed by atoms with Gasteiger partial charge in [-0.2, -0.15) is 0 Å². The number of fused-ring (bicyclic) bond motifs is 1. The van der Waals surface area contributed by atoms with Crippen molar-refractivity contribution in [2.24, 2.45) is 0 Å². The highest BCUT2D eigenvalue weighted by atomic mass is 79.9. The molecule has 0 saturated carbocycles. The van der Waals surface area contributed by atoms with Gasteiger partial charge in [0.15, 0.2) is 0 Å². The Balaban J connectivity index is 1.87. The molecule has 0 unspecified atom stereocenters. The summed E-state index contributed by atoms with van der Waals surface area (Å²) in [6.07, 6.45) is -5.94. The van der Waals surface area contributed by atoms with Crippen LogP contribution in [0.1, 0.15) is 5.56 Å². The van der Waals surface area contributed by atoms with Gasteiger partial charge in [0, 0.05) is 22.8 Å². The van der Waals surface area contributed by atoms with Crippen molar-refractivity contribution >= 4 is 26.9 Å². The lowest BCUT2D eigenvalue weighted by atomic mass is 10.00. The zero-order chi connectivity index (χ0) is 17.4. The van der Waals surface area contributed by atoms with Gasteiger partial charge in [-0.3, -0.25) is 0 Å². The van der Waals surface area contributed by atoms with Crippen molar-refractivity contribution in [2.75, 3.05) is 5.33 Å². The van der Waals surface area contributed by atoms with Gasteiger partial charge < -0.3 is 29.2 Å². The summed E-state index contributed by atoms with van der Waals surface area (Å²) in [6, 6.07) is 6.28. The molecule has 0 radical (unpaired) electrons. The van der Waals surface area contributed by atoms with Gasteiger partial charge in [-0.1, -0.05) is 15.9 Å². The maximum atomic E-state index is 11.5. The first-order valence-corrected chi connectivity index (χ1v) is 8.49. The molecular weight excluding hydrogens is 384 g/mol. The quantitative estimate of drug-likeness (QED) is 0.513. The summed E-state index contributed by atoms with van der Waals surface area (Å²) in [6.45, 7) is 1.80. The number of aliphatic hydroxyl groups is 3. The third-order valence-electron chi connectivity index (χ3n) is 4.00. The molecule has 24 heavy (non-hydrogen) atoms. The van der Waals surface area contributed by atoms with Crippen LogP contribution < -0.4 is 10.4 Å². The summed E-state index contributed by atoms with van der Waals surface area (Å²) < 4.78 is 16.2. The second-order valence-electron chi connectivity index (χ2n) is 5.69. The molecular formula is C16H17BrO7. The SMILES string of the molecule is Cc1cc(=O)oc2cc(O[C@@H]3O[C@H](CBr)[C@@H](O)[C@H](O)[C@H]3O)ccc12. The largest absolute Gasteiger partial charge is 0.462 e. The number of benzene rings is 1. The number of halogens is 1. The van der Waals surface area contributed by atoms with Crippen molar-refractivity contribution in [1.29, 1.82) is 0 Å². The van der Waals surface area contributed by atoms with Gasteiger partial charge in [0.05, 0.1) is 0 Å². The molecule has 1 aliphatic heterocycles. The zero-order valence-corrected chi connectivity index (χ0v) is 14.3. The van der Waals surface area contributed by atoms with Gasteiger partial charge in [0.2, 0.25) is 6.29 Å². The third-order valence-corrected chi connectivity index (χ3v) is 4.63. The summed E-state index contributed by atoms with van der Waals surface area (Å²) in [5, 5.41) is 30.8. The summed E-state index contributed by atoms with van der Waals surface area (Å²) in [5.74, 6) is 0.303. The third kappa shape index (κ3) is 3.20. The van der Waals surface area contributed by atoms with Gasteiger partial charge in [-0.05, 0) is 24.6 Å². The van der Waals surface area contributed by atoms with Gasteiger partial charge in [-0.25, -0.2) is 4.79 Å². The average molecular weight is 401 g/mol. The molecule has 2 heterocycles. The number of aliphatic hydroxyl groups excluding tert-OH is 3. The van der Waals surface area contributed by atoms with Gasteiger partial charge in [0.25, 0.3) is 0 Å². The molecule has 5 atom stereocenters. The molecule has 0 bridgehead atoms. The standard InChI is InChI=1S/C16H17BrO7/c1-7-4-12(18)23-10-5-8(2-3-9(7)10)22-16-15(21)14(20)13(19)11(6-17)24-16/h2-5,11,13-16,19-21H,6H2,1H3/t11-,13-,14+,15-,16-/m1/s1. The highest BCUT2D eigenvalue weighted by Gasteiger charge is 2.44. The Bertz CT molecular complexity index is 788. The normalized spacial score (nSPS) is 30.5. The molecule has 1 aliphatic rings. The fraction of sp³-hybridized carbons (Fsp3) is 0.438. The summed E-state index contributed by atoms with van der Waals surface area (Å²) in [7, 11) is 0. The van der Waals surface area contributed by atoms with Crippen LogP contribution in [0.4, 0.5) is 0 Å². The Labute approximate surface area is 145 Å². The molecule has 2 aromatic rings. The maximum Gasteiger partial charge on any atom is 0.336 e. The molecule has 7 nitrogen and oxygen atoms in total. The maximum absolute atomic E-state index is 11.5. The van der Waals surface area contributed by atoms with E-state index in [1.165, 1.54) is 12.1 Å². The molecule has 1 saturated heterocycles. The van der Waals surface area contributed by atoms with Crippen LogP contribution in [-0.4, -0.2) is 51.4 Å². The van der Waals surface area contributed by atoms with E-state index in [4.69, 9.17) is 13.9 Å². The van der Waals surface area contributed by atoms with Crippen LogP contribution in [0.15, 0.2) is 33.5 Å². The van der Waals surface area contributed by atoms with E-state index in [0.29, 0.717) is 11.3 Å². The number of ether oxygens (including phenoxy) is 2. The second-order valence-corrected chi connectivity index (χ2v) is 6.34. The molecule has 0 aliphatic carbocycles. The van der Waals surface area contributed by atoms with E-state index in [0.717, 1.165) is 10.9 Å². The van der Waals surface area contributed by atoms with E-state index in [9.17, 15) is 20.1 Å². The highest BCUT2D eigenvalue weighted by molar-refractivity contribution is 9.09. The number of alkyl halides is 1. The minimum absolute atomic E-state index is 0.267. The lowest BCUT2D eigenvalue weighted by molar-refractivity contribution is -0.266. The Morgan fingerprint density at radius 3 is 2.62 bits per heavy atom. The lowest BCUT2D eigenvalue weighted by Gasteiger charge is -2.39. The second kappa shape index (κ2) is 6.81. The summed E-state index contributed by atoms with van der Waals surface area (Å²) >= 11 is 3.18. The van der Waals surface area contributed by atoms with Crippen LogP contribution >= 0.6 is 15.9 Å². The Hall–Kier alpha value is -1.45. The van der Waals surface area contributed by atoms with Crippen LogP contribution in [0.5, 0.6) is 5.75 Å². The first-order chi connectivity index (χ1) is 11.4. The Morgan fingerprint density at radius 2 is 1.92 bits per heavy atom. The smallest absolute Gasteiger partial charge is 0.336 e. The van der Waals surface area contributed by atoms with Gasteiger partial charge >= 0.3 is 5.63 Å². The molecule has 0 amide bonds. The predicted octanol–water partition coefficient (Wildman–Crippen LogP) is 0.683. The summed E-state index contributed by atoms with van der Waals surface area (Å²) in [4.78, 5) is 11.5. The number of hydrogen-bond donors (Lipinski definition) is 3. The van der Waals surface area contributed by atoms with E-state index < -0.39 is 36.3 Å². The van der Waals surface area contributed by atoms with Gasteiger partial charge in [0.1, 0.15) is 35.7 Å². The van der Waals surface area contributed by atoms with Crippen molar-refractivity contribution in [3.8, 4) is 5.75 Å². The minimum atomic E-state index is -1.42. The van der Waals surface area contributed by atoms with Crippen molar-refractivity contribution in [3.63, 3.8) is 0 Å². The average Bonchev–Trinajstić information content (AvgIpc) is 2.55. The topological polar surface area (TPSA) is 109 Å². The van der Waals surface area contributed by atoms with Crippen LogP contribution in [0.2, 0.25) is 0 Å². The summed E-state index contributed by atoms with van der Waals surface area (Å²) in [5.41, 5.74) is 0.657. The number of hydrogen-bond acceptors (Lipinski definition) is 7. The minimum Gasteiger partial charge on any atom is -0.462 e. The van der Waals surface area contributed by atoms with Crippen LogP contribution in [0.25, 0.3) is 11.0 Å². The molecule has 3 rings (SSSR count). The fourth-order valence-corrected chi connectivity index (χ4v) is 3.19. The lowest BCUT2D eigenvalue weighted by Crippen LogP contribution is -2.59. The monoisotopic (exact) mass is 400 g/mol. The molecule has 1 aromatic heterocycles. The molecule has 130 valence electrons. The Kier molecular flexibility index (Phi) is 4.93. The first kappa shape index (κ1) is 17.4. The van der Waals surface area contributed by atoms with E-state index in [2.05, 4.69) is 15.9 Å². The molecule has 3 N–H and O–H groups in total. The number of rotatable bonds is 3. The van der Waals surface area contributed by atoms with Gasteiger partial charge in [-0.15, -0.1) is 0 Å². The van der Waals surface area contributed by atoms with Crippen LogP contribution in [0.3, 0.4) is 0 Å². The molecule has 1 aromatic carbocycles. The van der Waals surface area contributed by atoms with E-state index >= 15 is 0 Å². The first-order valence-electron chi connectivity index (χ1n) is 7.37. The molecule has 1 fully saturated rings. The van der Waals surface area contributed by atoms with E-state index in [1.54, 1.807) is 19.1 Å². The zero-order valence-electron chi connectivity index (χ0n) is 12.8. The fourth-order valence-electron chi connectivity index (χ4n) is 2.65. The van der Waals surface area contributed by atoms with Crippen molar-refractivity contribution < 1.29 is 29.2 Å². The molecule has 0 spiro atoms. The van der Waals surface area contributed by atoms with E-state index in [-0.39, 0.29) is 5.33 Å². The number of aryl methyl sites for hydroxylation is 1.